The molecule has 6 nitrogen and oxygen atoms in total. The van der Waals surface area contributed by atoms with E-state index in [1.54, 1.807) is 0 Å². The molecule has 25 heavy (non-hydrogen) atoms. The maximum atomic E-state index is 13.1. The summed E-state index contributed by atoms with van der Waals surface area (Å²) in [6, 6.07) is 6.37. The highest BCUT2D eigenvalue weighted by Gasteiger charge is 2.29. The highest BCUT2D eigenvalue weighted by Crippen LogP contribution is 2.36. The Morgan fingerprint density at radius 1 is 1.16 bits per heavy atom. The van der Waals surface area contributed by atoms with Crippen molar-refractivity contribution in [1.29, 1.82) is 0 Å². The number of sulfone groups is 1. The van der Waals surface area contributed by atoms with Gasteiger partial charge in [-0.3, -0.25) is 4.90 Å². The standard InChI is InChI=1S/C15H13F3N2O4S/c1-24-13-7-6-11(25(22,23)14(17)18)8-12(13)20(15(19)21)10-4-2-9(16)3-5-10/h2-8,14H,1H3,(H2,19,21). The molecule has 2 N–H and O–H groups in total. The zero-order valence-electron chi connectivity index (χ0n) is 12.8. The SMILES string of the molecule is COc1ccc(S(=O)(=O)C(F)F)cc1N(C(N)=O)c1ccc(F)cc1. The van der Waals surface area contributed by atoms with E-state index in [0.29, 0.717) is 0 Å². The molecule has 0 heterocycles. The van der Waals surface area contributed by atoms with Crippen molar-refractivity contribution in [3.05, 3.63) is 48.3 Å². The van der Waals surface area contributed by atoms with Crippen LogP contribution in [0.1, 0.15) is 0 Å². The van der Waals surface area contributed by atoms with Gasteiger partial charge in [-0.05, 0) is 42.5 Å². The van der Waals surface area contributed by atoms with Crippen molar-refractivity contribution in [2.75, 3.05) is 12.0 Å². The first kappa shape index (κ1) is 18.6. The molecule has 0 spiro atoms. The number of methoxy groups -OCH3 is 1. The number of rotatable bonds is 5. The number of benzene rings is 2. The topological polar surface area (TPSA) is 89.7 Å². The number of halogens is 3. The molecule has 0 bridgehead atoms. The first-order valence-corrected chi connectivity index (χ1v) is 8.28. The molecule has 0 aromatic heterocycles. The average Bonchev–Trinajstić information content (AvgIpc) is 2.56. The number of anilines is 2. The number of hydrogen-bond acceptors (Lipinski definition) is 4. The van der Waals surface area contributed by atoms with Gasteiger partial charge in [-0.1, -0.05) is 0 Å². The van der Waals surface area contributed by atoms with E-state index in [9.17, 15) is 26.4 Å². The molecule has 0 aliphatic carbocycles. The summed E-state index contributed by atoms with van der Waals surface area (Å²) in [5.74, 6) is -4.20. The molecule has 2 aromatic rings. The second kappa shape index (κ2) is 7.01. The third kappa shape index (κ3) is 3.68. The van der Waals surface area contributed by atoms with Crippen molar-refractivity contribution >= 4 is 27.2 Å². The molecule has 0 saturated carbocycles. The zero-order valence-corrected chi connectivity index (χ0v) is 13.6. The Kier molecular flexibility index (Phi) is 5.21. The monoisotopic (exact) mass is 374 g/mol. The molecule has 0 radical (unpaired) electrons. The fraction of sp³-hybridized carbons (Fsp3) is 0.133. The van der Waals surface area contributed by atoms with Crippen LogP contribution < -0.4 is 15.4 Å². The van der Waals surface area contributed by atoms with Gasteiger partial charge in [0, 0.05) is 0 Å². The summed E-state index contributed by atoms with van der Waals surface area (Å²) in [5, 5.41) is 0. The number of nitrogens with zero attached hydrogens (tertiary/aromatic N) is 1. The summed E-state index contributed by atoms with van der Waals surface area (Å²) in [6.45, 7) is 0. The Hall–Kier alpha value is -2.75. The minimum atomic E-state index is -4.90. The van der Waals surface area contributed by atoms with Crippen molar-refractivity contribution in [2.24, 2.45) is 5.73 Å². The molecule has 10 heteroatoms. The van der Waals surface area contributed by atoms with Gasteiger partial charge in [0.05, 0.1) is 23.4 Å². The van der Waals surface area contributed by atoms with Gasteiger partial charge >= 0.3 is 11.8 Å². The Balaban J connectivity index is 2.68. The summed E-state index contributed by atoms with van der Waals surface area (Å²) in [7, 11) is -3.66. The first-order chi connectivity index (χ1) is 11.7. The number of ether oxygens (including phenoxy) is 1. The minimum Gasteiger partial charge on any atom is -0.495 e. The van der Waals surface area contributed by atoms with E-state index in [-0.39, 0.29) is 17.1 Å². The van der Waals surface area contributed by atoms with E-state index in [4.69, 9.17) is 10.5 Å². The maximum absolute atomic E-state index is 13.1. The van der Waals surface area contributed by atoms with Crippen LogP contribution in [0.15, 0.2) is 47.4 Å². The van der Waals surface area contributed by atoms with E-state index < -0.39 is 32.3 Å². The van der Waals surface area contributed by atoms with Crippen molar-refractivity contribution in [1.82, 2.24) is 0 Å². The lowest BCUT2D eigenvalue weighted by molar-refractivity contribution is 0.234. The summed E-state index contributed by atoms with van der Waals surface area (Å²) in [5.41, 5.74) is 5.24. The van der Waals surface area contributed by atoms with E-state index >= 15 is 0 Å². The normalized spacial score (nSPS) is 11.4. The second-order valence-corrected chi connectivity index (χ2v) is 6.71. The van der Waals surface area contributed by atoms with Crippen molar-refractivity contribution in [2.45, 2.75) is 10.7 Å². The predicted octanol–water partition coefficient (Wildman–Crippen LogP) is 3.05. The number of primary amides is 1. The molecule has 134 valence electrons. The van der Waals surface area contributed by atoms with Gasteiger partial charge < -0.3 is 10.5 Å². The van der Waals surface area contributed by atoms with Crippen LogP contribution in [-0.2, 0) is 9.84 Å². The number of hydrogen-bond donors (Lipinski definition) is 1. The molecular weight excluding hydrogens is 361 g/mol. The number of carbonyl (C=O) groups is 1. The van der Waals surface area contributed by atoms with Crippen LogP contribution >= 0.6 is 0 Å². The van der Waals surface area contributed by atoms with Gasteiger partial charge in [-0.25, -0.2) is 17.6 Å². The van der Waals surface area contributed by atoms with Crippen LogP contribution in [0.4, 0.5) is 29.3 Å². The second-order valence-electron chi connectivity index (χ2n) is 4.79. The van der Waals surface area contributed by atoms with Crippen LogP contribution in [0, 0.1) is 5.82 Å². The van der Waals surface area contributed by atoms with Crippen LogP contribution in [0.5, 0.6) is 5.75 Å². The number of carbonyl (C=O) groups excluding carboxylic acids is 1. The van der Waals surface area contributed by atoms with Gasteiger partial charge in [-0.2, -0.15) is 8.78 Å². The lowest BCUT2D eigenvalue weighted by Gasteiger charge is -2.23. The summed E-state index contributed by atoms with van der Waals surface area (Å²) >= 11 is 0. The van der Waals surface area contributed by atoms with Crippen molar-refractivity contribution < 1.29 is 31.1 Å². The third-order valence-corrected chi connectivity index (χ3v) is 4.64. The van der Waals surface area contributed by atoms with Crippen LogP contribution in [0.3, 0.4) is 0 Å². The molecule has 0 atom stereocenters. The van der Waals surface area contributed by atoms with Crippen LogP contribution in [0.2, 0.25) is 0 Å². The molecule has 2 rings (SSSR count). The Bertz CT molecular complexity index is 886. The highest BCUT2D eigenvalue weighted by molar-refractivity contribution is 7.91. The van der Waals surface area contributed by atoms with E-state index in [2.05, 4.69) is 0 Å². The summed E-state index contributed by atoms with van der Waals surface area (Å²) in [4.78, 5) is 12.0. The summed E-state index contributed by atoms with van der Waals surface area (Å²) < 4.78 is 67.0. The number of urea groups is 1. The number of nitrogens with two attached hydrogens (primary N) is 1. The molecule has 0 aliphatic rings. The molecule has 2 aromatic carbocycles. The van der Waals surface area contributed by atoms with E-state index in [1.165, 1.54) is 19.2 Å². The molecule has 0 unspecified atom stereocenters. The number of amides is 2. The van der Waals surface area contributed by atoms with E-state index in [0.717, 1.165) is 35.2 Å². The van der Waals surface area contributed by atoms with Gasteiger partial charge in [0.1, 0.15) is 11.6 Å². The zero-order chi connectivity index (χ0) is 18.8. The van der Waals surface area contributed by atoms with Crippen molar-refractivity contribution in [3.63, 3.8) is 0 Å². The highest BCUT2D eigenvalue weighted by atomic mass is 32.2. The Labute approximate surface area is 141 Å². The van der Waals surface area contributed by atoms with E-state index in [1.807, 2.05) is 0 Å². The molecular formula is C15H13F3N2O4S. The van der Waals surface area contributed by atoms with Crippen LogP contribution in [0.25, 0.3) is 0 Å². The largest absolute Gasteiger partial charge is 0.495 e. The van der Waals surface area contributed by atoms with Gasteiger partial charge in [0.2, 0.25) is 9.84 Å². The lowest BCUT2D eigenvalue weighted by Crippen LogP contribution is -2.32. The van der Waals surface area contributed by atoms with Gasteiger partial charge in [0.25, 0.3) is 0 Å². The van der Waals surface area contributed by atoms with Gasteiger partial charge in [0.15, 0.2) is 0 Å². The molecule has 0 saturated heterocycles. The Morgan fingerprint density at radius 2 is 1.76 bits per heavy atom. The molecule has 2 amide bonds. The lowest BCUT2D eigenvalue weighted by atomic mass is 10.2. The first-order valence-electron chi connectivity index (χ1n) is 6.73. The fourth-order valence-corrected chi connectivity index (χ4v) is 2.84. The minimum absolute atomic E-state index is 0.0105. The van der Waals surface area contributed by atoms with Crippen molar-refractivity contribution in [3.8, 4) is 5.75 Å². The third-order valence-electron chi connectivity index (χ3n) is 3.26. The quantitative estimate of drug-likeness (QED) is 0.871. The molecule has 0 aliphatic heterocycles. The summed E-state index contributed by atoms with van der Waals surface area (Å²) in [6.07, 6.45) is 0. The molecule has 0 fully saturated rings. The smallest absolute Gasteiger partial charge is 0.341 e. The van der Waals surface area contributed by atoms with Crippen LogP contribution in [-0.4, -0.2) is 27.3 Å². The predicted molar refractivity (Wildman–Crippen MR) is 84.3 cm³/mol. The van der Waals surface area contributed by atoms with Gasteiger partial charge in [-0.15, -0.1) is 0 Å². The fourth-order valence-electron chi connectivity index (χ4n) is 2.10. The number of alkyl halides is 2. The Morgan fingerprint density at radius 3 is 2.24 bits per heavy atom. The maximum Gasteiger partial charge on any atom is 0.341 e. The average molecular weight is 374 g/mol.